The van der Waals surface area contributed by atoms with Gasteiger partial charge in [-0.3, -0.25) is 9.79 Å². The van der Waals surface area contributed by atoms with E-state index in [0.29, 0.717) is 17.6 Å². The summed E-state index contributed by atoms with van der Waals surface area (Å²) in [6.07, 6.45) is 6.76. The van der Waals surface area contributed by atoms with Crippen LogP contribution in [-0.2, 0) is 0 Å². The van der Waals surface area contributed by atoms with E-state index in [2.05, 4.69) is 39.2 Å². The molecule has 1 fully saturated rings. The lowest BCUT2D eigenvalue weighted by atomic mass is 10.2. The molecule has 0 unspecified atom stereocenters. The van der Waals surface area contributed by atoms with Crippen LogP contribution in [0.5, 0.6) is 0 Å². The lowest BCUT2D eigenvalue weighted by molar-refractivity contribution is 0.0784. The molecule has 0 radical (unpaired) electrons. The van der Waals surface area contributed by atoms with E-state index in [4.69, 9.17) is 0 Å². The van der Waals surface area contributed by atoms with Gasteiger partial charge in [0.05, 0.1) is 27.0 Å². The van der Waals surface area contributed by atoms with Crippen LogP contribution in [0.15, 0.2) is 35.0 Å². The molecule has 0 aromatic carbocycles. The Bertz CT molecular complexity index is 963. The summed E-state index contributed by atoms with van der Waals surface area (Å²) in [5.74, 6) is 0.896. The first kappa shape index (κ1) is 21.0. The van der Waals surface area contributed by atoms with Crippen molar-refractivity contribution in [1.29, 1.82) is 0 Å². The molecular formula is C21H28N6OS. The highest BCUT2D eigenvalue weighted by Crippen LogP contribution is 2.32. The molecule has 3 rings (SSSR count). The van der Waals surface area contributed by atoms with Crippen molar-refractivity contribution < 1.29 is 4.79 Å². The summed E-state index contributed by atoms with van der Waals surface area (Å²) in [5.41, 5.74) is 1.98. The summed E-state index contributed by atoms with van der Waals surface area (Å²) < 4.78 is 0.809. The molecule has 0 bridgehead atoms. The van der Waals surface area contributed by atoms with Crippen LogP contribution in [0.4, 0.5) is 10.9 Å². The summed E-state index contributed by atoms with van der Waals surface area (Å²) in [6.45, 7) is 11.3. The van der Waals surface area contributed by atoms with E-state index in [-0.39, 0.29) is 11.9 Å². The minimum atomic E-state index is -0.154. The summed E-state index contributed by atoms with van der Waals surface area (Å²) in [5, 5.41) is 7.36. The van der Waals surface area contributed by atoms with Crippen molar-refractivity contribution in [2.24, 2.45) is 10.9 Å². The molecule has 29 heavy (non-hydrogen) atoms. The van der Waals surface area contributed by atoms with Crippen LogP contribution in [0.25, 0.3) is 10.2 Å². The fourth-order valence-electron chi connectivity index (χ4n) is 3.33. The van der Waals surface area contributed by atoms with Gasteiger partial charge < -0.3 is 15.5 Å². The van der Waals surface area contributed by atoms with Gasteiger partial charge in [-0.25, -0.2) is 9.97 Å². The molecule has 1 aliphatic heterocycles. The number of aliphatic imine (C=N–C) groups is 1. The van der Waals surface area contributed by atoms with Crippen LogP contribution in [0, 0.1) is 5.92 Å². The Morgan fingerprint density at radius 1 is 1.48 bits per heavy atom. The minimum absolute atomic E-state index is 0.0338. The monoisotopic (exact) mass is 412 g/mol. The first-order chi connectivity index (χ1) is 14.0. The number of likely N-dealkylation sites (tertiary alicyclic amines) is 1. The summed E-state index contributed by atoms with van der Waals surface area (Å²) in [6, 6.07) is 1.79. The molecule has 154 valence electrons. The van der Waals surface area contributed by atoms with Crippen molar-refractivity contribution >= 4 is 45.1 Å². The van der Waals surface area contributed by atoms with E-state index in [1.54, 1.807) is 0 Å². The topological polar surface area (TPSA) is 82.5 Å². The van der Waals surface area contributed by atoms with Crippen molar-refractivity contribution in [3.8, 4) is 0 Å². The van der Waals surface area contributed by atoms with Gasteiger partial charge in [-0.2, -0.15) is 0 Å². The maximum atomic E-state index is 13.2. The maximum Gasteiger partial charge on any atom is 0.274 e. The van der Waals surface area contributed by atoms with Gasteiger partial charge in [-0.05, 0) is 45.0 Å². The van der Waals surface area contributed by atoms with Crippen LogP contribution < -0.4 is 10.6 Å². The molecule has 0 spiro atoms. The summed E-state index contributed by atoms with van der Waals surface area (Å²) in [4.78, 5) is 28.4. The van der Waals surface area contributed by atoms with Crippen molar-refractivity contribution in [1.82, 2.24) is 14.9 Å². The van der Waals surface area contributed by atoms with Crippen LogP contribution >= 0.6 is 11.3 Å². The molecule has 2 atom stereocenters. The van der Waals surface area contributed by atoms with Gasteiger partial charge in [0.2, 0.25) is 5.95 Å². The number of amides is 1. The molecule has 2 aromatic rings. The summed E-state index contributed by atoms with van der Waals surface area (Å²) in [7, 11) is 1.86. The Balaban J connectivity index is 1.98. The number of thiophene rings is 1. The first-order valence-corrected chi connectivity index (χ1v) is 10.6. The average Bonchev–Trinajstić information content (AvgIpc) is 3.33. The minimum Gasteiger partial charge on any atom is -0.380 e. The predicted molar refractivity (Wildman–Crippen MR) is 122 cm³/mol. The maximum absolute atomic E-state index is 13.2. The van der Waals surface area contributed by atoms with Gasteiger partial charge in [0.15, 0.2) is 5.69 Å². The van der Waals surface area contributed by atoms with Crippen molar-refractivity contribution in [3.63, 3.8) is 0 Å². The molecule has 1 saturated heterocycles. The second-order valence-corrected chi connectivity index (χ2v) is 8.31. The van der Waals surface area contributed by atoms with Gasteiger partial charge in [0, 0.05) is 20.1 Å². The van der Waals surface area contributed by atoms with E-state index in [1.165, 1.54) is 11.3 Å². The van der Waals surface area contributed by atoms with E-state index < -0.39 is 0 Å². The quantitative estimate of drug-likeness (QED) is 0.527. The van der Waals surface area contributed by atoms with E-state index in [9.17, 15) is 4.79 Å². The Kier molecular flexibility index (Phi) is 6.64. The SMILES string of the molecule is C=N/C(=C\C=C/C)[C@H](C)Nc1nc(C(=O)N2CC[C@@H](C)C2)c2sc(NC)cc2n1. The third-order valence-electron chi connectivity index (χ3n) is 4.96. The van der Waals surface area contributed by atoms with Crippen molar-refractivity contribution in [2.45, 2.75) is 33.2 Å². The molecule has 0 saturated carbocycles. The van der Waals surface area contributed by atoms with Crippen LogP contribution in [0.1, 0.15) is 37.7 Å². The van der Waals surface area contributed by atoms with Crippen molar-refractivity contribution in [3.05, 3.63) is 35.7 Å². The number of carbonyl (C=O) groups excluding carboxylic acids is 1. The Hall–Kier alpha value is -2.74. The zero-order valence-corrected chi connectivity index (χ0v) is 18.2. The fraction of sp³-hybridized carbons (Fsp3) is 0.429. The van der Waals surface area contributed by atoms with Gasteiger partial charge in [0.25, 0.3) is 5.91 Å². The second kappa shape index (κ2) is 9.17. The standard InChI is InChI=1S/C21H28N6OS/c1-6-7-8-15(22-4)14(3)24-21-25-16-11-17(23-5)29-19(16)18(26-21)20(28)27-10-9-13(2)12-27/h6-8,11,13-14,23H,4,9-10,12H2,1-3,5H3,(H,24,25,26)/b7-6-,15-8-/t13-,14+/m1/s1. The Morgan fingerprint density at radius 3 is 2.90 bits per heavy atom. The van der Waals surface area contributed by atoms with Gasteiger partial charge in [-0.1, -0.05) is 19.1 Å². The smallest absolute Gasteiger partial charge is 0.274 e. The zero-order valence-electron chi connectivity index (χ0n) is 17.4. The number of anilines is 2. The van der Waals surface area contributed by atoms with Gasteiger partial charge in [-0.15, -0.1) is 11.3 Å². The lowest BCUT2D eigenvalue weighted by Crippen LogP contribution is -2.30. The fourth-order valence-corrected chi connectivity index (χ4v) is 4.26. The molecule has 8 heteroatoms. The average molecular weight is 413 g/mol. The first-order valence-electron chi connectivity index (χ1n) is 9.81. The number of nitrogens with zero attached hydrogens (tertiary/aromatic N) is 4. The lowest BCUT2D eigenvalue weighted by Gasteiger charge is -2.18. The molecule has 7 nitrogen and oxygen atoms in total. The number of carbonyl (C=O) groups is 1. The Morgan fingerprint density at radius 2 is 2.28 bits per heavy atom. The molecule has 1 amide bonds. The molecule has 1 aliphatic rings. The normalized spacial score (nSPS) is 18.4. The Labute approximate surface area is 175 Å². The highest BCUT2D eigenvalue weighted by Gasteiger charge is 2.28. The zero-order chi connectivity index (χ0) is 21.0. The van der Waals surface area contributed by atoms with Crippen LogP contribution in [-0.4, -0.2) is 53.7 Å². The molecular weight excluding hydrogens is 384 g/mol. The number of hydrogen-bond acceptors (Lipinski definition) is 7. The number of nitrogens with one attached hydrogen (secondary N) is 2. The second-order valence-electron chi connectivity index (χ2n) is 7.26. The number of allylic oxidation sites excluding steroid dienone is 3. The number of aromatic nitrogens is 2. The number of hydrogen-bond donors (Lipinski definition) is 2. The third-order valence-corrected chi connectivity index (χ3v) is 6.11. The number of fused-ring (bicyclic) bond motifs is 1. The molecule has 0 aliphatic carbocycles. The summed E-state index contributed by atoms with van der Waals surface area (Å²) >= 11 is 1.50. The van der Waals surface area contributed by atoms with E-state index in [1.807, 2.05) is 50.1 Å². The highest BCUT2D eigenvalue weighted by atomic mass is 32.1. The molecule has 2 N–H and O–H groups in total. The molecule has 3 heterocycles. The van der Waals surface area contributed by atoms with Crippen molar-refractivity contribution in [2.75, 3.05) is 30.8 Å². The number of rotatable bonds is 7. The highest BCUT2D eigenvalue weighted by molar-refractivity contribution is 7.23. The van der Waals surface area contributed by atoms with E-state index in [0.717, 1.165) is 40.4 Å². The third kappa shape index (κ3) is 4.64. The van der Waals surface area contributed by atoms with Gasteiger partial charge in [0.1, 0.15) is 0 Å². The predicted octanol–water partition coefficient (Wildman–Crippen LogP) is 4.18. The van der Waals surface area contributed by atoms with Crippen LogP contribution in [0.2, 0.25) is 0 Å². The van der Waals surface area contributed by atoms with E-state index >= 15 is 0 Å². The molecule has 2 aromatic heterocycles. The largest absolute Gasteiger partial charge is 0.380 e. The van der Waals surface area contributed by atoms with Gasteiger partial charge >= 0.3 is 0 Å². The van der Waals surface area contributed by atoms with Crippen LogP contribution in [0.3, 0.4) is 0 Å².